The highest BCUT2D eigenvalue weighted by atomic mass is 16.5. The number of aliphatic hydroxyl groups is 1. The van der Waals surface area contributed by atoms with Crippen molar-refractivity contribution in [2.24, 2.45) is 5.92 Å². The van der Waals surface area contributed by atoms with Gasteiger partial charge in [-0.2, -0.15) is 0 Å². The van der Waals surface area contributed by atoms with Crippen LogP contribution in [0.25, 0.3) is 0 Å². The summed E-state index contributed by atoms with van der Waals surface area (Å²) < 4.78 is 4.48. The van der Waals surface area contributed by atoms with Crippen molar-refractivity contribution in [3.8, 4) is 0 Å². The summed E-state index contributed by atoms with van der Waals surface area (Å²) in [5, 5.41) is 12.6. The lowest BCUT2D eigenvalue weighted by molar-refractivity contribution is -0.143. The average molecular weight is 244 g/mol. The Morgan fingerprint density at radius 1 is 1.65 bits per heavy atom. The Hall–Kier alpha value is -1.14. The molecule has 0 aliphatic carbocycles. The van der Waals surface area contributed by atoms with E-state index < -0.39 is 12.1 Å². The summed E-state index contributed by atoms with van der Waals surface area (Å²) in [6.45, 7) is 4.55. The normalized spacial score (nSPS) is 22.6. The predicted octanol–water partition coefficient (Wildman–Crippen LogP) is -0.676. The van der Waals surface area contributed by atoms with Crippen LogP contribution in [0.15, 0.2) is 0 Å². The van der Waals surface area contributed by atoms with E-state index in [4.69, 9.17) is 0 Å². The number of nitrogens with zero attached hydrogens (tertiary/aromatic N) is 1. The zero-order chi connectivity index (χ0) is 13.0. The molecule has 6 nitrogen and oxygen atoms in total. The molecule has 2 N–H and O–H groups in total. The van der Waals surface area contributed by atoms with Crippen LogP contribution in [-0.4, -0.2) is 54.4 Å². The van der Waals surface area contributed by atoms with E-state index in [0.29, 0.717) is 0 Å². The van der Waals surface area contributed by atoms with Gasteiger partial charge in [0.1, 0.15) is 0 Å². The Kier molecular flexibility index (Phi) is 4.89. The maximum atomic E-state index is 11.3. The van der Waals surface area contributed by atoms with Gasteiger partial charge in [0.25, 0.3) is 0 Å². The van der Waals surface area contributed by atoms with Crippen LogP contribution < -0.4 is 5.32 Å². The summed E-state index contributed by atoms with van der Waals surface area (Å²) in [5.41, 5.74) is 0. The lowest BCUT2D eigenvalue weighted by Gasteiger charge is -2.27. The van der Waals surface area contributed by atoms with Crippen LogP contribution in [0.4, 0.5) is 0 Å². The Morgan fingerprint density at radius 2 is 2.29 bits per heavy atom. The molecule has 1 fully saturated rings. The number of carbonyl (C=O) groups excluding carboxylic acids is 2. The highest BCUT2D eigenvalue weighted by Crippen LogP contribution is 2.14. The lowest BCUT2D eigenvalue weighted by Crippen LogP contribution is -2.44. The first-order valence-corrected chi connectivity index (χ1v) is 5.72. The van der Waals surface area contributed by atoms with Gasteiger partial charge >= 0.3 is 5.97 Å². The molecule has 1 saturated heterocycles. The Bertz CT molecular complexity index is 293. The standard InChI is InChI=1S/C11H20N2O4/c1-7(2)11-12-9(15)6-13(11)5-8(14)4-10(16)17-3/h7-8,11,14H,4-6H2,1-3H3,(H,12,15). The highest BCUT2D eigenvalue weighted by Gasteiger charge is 2.33. The van der Waals surface area contributed by atoms with E-state index in [0.717, 1.165) is 0 Å². The third-order valence-electron chi connectivity index (χ3n) is 2.76. The first-order chi connectivity index (χ1) is 7.93. The van der Waals surface area contributed by atoms with Crippen LogP contribution in [-0.2, 0) is 14.3 Å². The van der Waals surface area contributed by atoms with E-state index in [1.54, 1.807) is 0 Å². The van der Waals surface area contributed by atoms with E-state index in [2.05, 4.69) is 10.1 Å². The summed E-state index contributed by atoms with van der Waals surface area (Å²) in [6, 6.07) is 0. The Balaban J connectivity index is 2.49. The first kappa shape index (κ1) is 13.9. The average Bonchev–Trinajstić information content (AvgIpc) is 2.59. The molecule has 1 aliphatic rings. The summed E-state index contributed by atoms with van der Waals surface area (Å²) >= 11 is 0. The molecule has 98 valence electrons. The second kappa shape index (κ2) is 5.97. The summed E-state index contributed by atoms with van der Waals surface area (Å²) in [6.07, 6.45) is -0.933. The molecule has 1 rings (SSSR count). The fourth-order valence-electron chi connectivity index (χ4n) is 1.96. The fourth-order valence-corrected chi connectivity index (χ4v) is 1.96. The number of esters is 1. The molecule has 2 unspecified atom stereocenters. The Morgan fingerprint density at radius 3 is 2.82 bits per heavy atom. The number of nitrogens with one attached hydrogen (secondary N) is 1. The molecule has 0 spiro atoms. The minimum atomic E-state index is -0.809. The number of carbonyl (C=O) groups is 2. The number of methoxy groups -OCH3 is 1. The second-order valence-corrected chi connectivity index (χ2v) is 4.62. The first-order valence-electron chi connectivity index (χ1n) is 5.72. The molecule has 0 aromatic carbocycles. The van der Waals surface area contributed by atoms with Crippen molar-refractivity contribution in [3.63, 3.8) is 0 Å². The van der Waals surface area contributed by atoms with Crippen LogP contribution in [0.3, 0.4) is 0 Å². The number of β-amino-alcohol motifs (C(OH)–C–C–N with tert-alkyl or cyclic N) is 1. The van der Waals surface area contributed by atoms with Gasteiger partial charge < -0.3 is 15.2 Å². The molecular weight excluding hydrogens is 224 g/mol. The van der Waals surface area contributed by atoms with Crippen LogP contribution in [0.5, 0.6) is 0 Å². The van der Waals surface area contributed by atoms with Gasteiger partial charge in [0, 0.05) is 6.54 Å². The van der Waals surface area contributed by atoms with Crippen molar-refractivity contribution in [2.75, 3.05) is 20.2 Å². The van der Waals surface area contributed by atoms with Crippen molar-refractivity contribution in [3.05, 3.63) is 0 Å². The molecule has 2 atom stereocenters. The number of hydrogen-bond donors (Lipinski definition) is 2. The molecule has 17 heavy (non-hydrogen) atoms. The van der Waals surface area contributed by atoms with Gasteiger partial charge in [-0.25, -0.2) is 0 Å². The number of aliphatic hydroxyl groups excluding tert-OH is 1. The molecular formula is C11H20N2O4. The topological polar surface area (TPSA) is 78.9 Å². The van der Waals surface area contributed by atoms with Crippen LogP contribution in [0.1, 0.15) is 20.3 Å². The van der Waals surface area contributed by atoms with E-state index in [-0.39, 0.29) is 37.5 Å². The molecule has 1 heterocycles. The van der Waals surface area contributed by atoms with Gasteiger partial charge in [-0.15, -0.1) is 0 Å². The molecule has 0 aromatic rings. The van der Waals surface area contributed by atoms with Gasteiger partial charge in [0.2, 0.25) is 5.91 Å². The third kappa shape index (κ3) is 3.98. The maximum Gasteiger partial charge on any atom is 0.308 e. The summed E-state index contributed by atoms with van der Waals surface area (Å²) in [7, 11) is 1.28. The zero-order valence-corrected chi connectivity index (χ0v) is 10.5. The molecule has 0 bridgehead atoms. The molecule has 1 amide bonds. The van der Waals surface area contributed by atoms with Gasteiger partial charge in [-0.1, -0.05) is 13.8 Å². The number of rotatable bonds is 5. The number of ether oxygens (including phenoxy) is 1. The highest BCUT2D eigenvalue weighted by molar-refractivity contribution is 5.80. The van der Waals surface area contributed by atoms with Gasteiger partial charge in [-0.3, -0.25) is 14.5 Å². The lowest BCUT2D eigenvalue weighted by atomic mass is 10.1. The zero-order valence-electron chi connectivity index (χ0n) is 10.5. The third-order valence-corrected chi connectivity index (χ3v) is 2.76. The van der Waals surface area contributed by atoms with Crippen molar-refractivity contribution in [1.82, 2.24) is 10.2 Å². The fraction of sp³-hybridized carbons (Fsp3) is 0.818. The van der Waals surface area contributed by atoms with Crippen molar-refractivity contribution in [2.45, 2.75) is 32.5 Å². The molecule has 0 aromatic heterocycles. The van der Waals surface area contributed by atoms with Gasteiger partial charge in [-0.05, 0) is 5.92 Å². The molecule has 0 radical (unpaired) electrons. The van der Waals surface area contributed by atoms with Crippen molar-refractivity contribution < 1.29 is 19.4 Å². The monoisotopic (exact) mass is 244 g/mol. The van der Waals surface area contributed by atoms with Crippen LogP contribution in [0, 0.1) is 5.92 Å². The number of hydrogen-bond acceptors (Lipinski definition) is 5. The Labute approximate surface area is 101 Å². The maximum absolute atomic E-state index is 11.3. The summed E-state index contributed by atoms with van der Waals surface area (Å²) in [4.78, 5) is 24.1. The largest absolute Gasteiger partial charge is 0.469 e. The summed E-state index contributed by atoms with van der Waals surface area (Å²) in [5.74, 6) is -0.238. The molecule has 1 aliphatic heterocycles. The predicted molar refractivity (Wildman–Crippen MR) is 61.0 cm³/mol. The molecule has 6 heteroatoms. The van der Waals surface area contributed by atoms with Crippen LogP contribution in [0.2, 0.25) is 0 Å². The van der Waals surface area contributed by atoms with E-state index >= 15 is 0 Å². The smallest absolute Gasteiger partial charge is 0.308 e. The van der Waals surface area contributed by atoms with Gasteiger partial charge in [0.15, 0.2) is 0 Å². The van der Waals surface area contributed by atoms with Crippen molar-refractivity contribution in [1.29, 1.82) is 0 Å². The van der Waals surface area contributed by atoms with E-state index in [1.165, 1.54) is 7.11 Å². The van der Waals surface area contributed by atoms with E-state index in [1.807, 2.05) is 18.7 Å². The SMILES string of the molecule is COC(=O)CC(O)CN1CC(=O)NC1C(C)C. The molecule has 0 saturated carbocycles. The van der Waals surface area contributed by atoms with E-state index in [9.17, 15) is 14.7 Å². The minimum absolute atomic E-state index is 0.0473. The second-order valence-electron chi connectivity index (χ2n) is 4.62. The number of amides is 1. The van der Waals surface area contributed by atoms with Gasteiger partial charge in [0.05, 0.1) is 32.3 Å². The van der Waals surface area contributed by atoms with Crippen molar-refractivity contribution >= 4 is 11.9 Å². The van der Waals surface area contributed by atoms with Crippen LogP contribution >= 0.6 is 0 Å². The quantitative estimate of drug-likeness (QED) is 0.627. The minimum Gasteiger partial charge on any atom is -0.469 e.